The Balaban J connectivity index is 1.73. The number of methoxy groups -OCH3 is 2. The molecular weight excluding hydrogens is 358 g/mol. The van der Waals surface area contributed by atoms with E-state index in [4.69, 9.17) is 9.47 Å². The molecule has 0 aromatic heterocycles. The van der Waals surface area contributed by atoms with E-state index in [2.05, 4.69) is 4.99 Å². The van der Waals surface area contributed by atoms with Crippen molar-refractivity contribution in [2.24, 2.45) is 4.99 Å². The third kappa shape index (κ3) is 2.89. The van der Waals surface area contributed by atoms with Crippen molar-refractivity contribution in [3.63, 3.8) is 0 Å². The second-order valence-corrected chi connectivity index (χ2v) is 6.82. The summed E-state index contributed by atoms with van der Waals surface area (Å²) in [5.74, 6) is 1.65. The van der Waals surface area contributed by atoms with Gasteiger partial charge in [-0.2, -0.15) is 4.99 Å². The standard InChI is InChI=1S/C21H21N3O4/c1-23-19-17(13-4-8-15(27-2)9-5-13)12-18(25)24(20(19)22-21(23)26)14-6-10-16(28-3)11-7-14/h4-11,17,19H,12H2,1-3H3/t17-,19+/m1/s1. The van der Waals surface area contributed by atoms with Crippen molar-refractivity contribution in [2.75, 3.05) is 26.2 Å². The minimum Gasteiger partial charge on any atom is -0.497 e. The predicted octanol–water partition coefficient (Wildman–Crippen LogP) is 3.06. The van der Waals surface area contributed by atoms with Crippen LogP contribution in [0.4, 0.5) is 10.5 Å². The zero-order valence-corrected chi connectivity index (χ0v) is 16.0. The van der Waals surface area contributed by atoms with Crippen LogP contribution in [0.25, 0.3) is 0 Å². The molecule has 1 fully saturated rings. The molecule has 7 heteroatoms. The Bertz CT molecular complexity index is 937. The number of ether oxygens (including phenoxy) is 2. The first-order valence-corrected chi connectivity index (χ1v) is 9.00. The largest absolute Gasteiger partial charge is 0.497 e. The molecule has 2 atom stereocenters. The Morgan fingerprint density at radius 1 is 0.929 bits per heavy atom. The number of benzene rings is 2. The Hall–Kier alpha value is -3.35. The van der Waals surface area contributed by atoms with E-state index in [1.807, 2.05) is 24.3 Å². The smallest absolute Gasteiger partial charge is 0.345 e. The maximum Gasteiger partial charge on any atom is 0.345 e. The topological polar surface area (TPSA) is 71.4 Å². The van der Waals surface area contributed by atoms with Gasteiger partial charge in [-0.1, -0.05) is 12.1 Å². The molecule has 0 radical (unpaired) electrons. The van der Waals surface area contributed by atoms with Crippen LogP contribution in [0.2, 0.25) is 0 Å². The quantitative estimate of drug-likeness (QED) is 0.819. The summed E-state index contributed by atoms with van der Waals surface area (Å²) in [6.07, 6.45) is 0.277. The van der Waals surface area contributed by atoms with Gasteiger partial charge in [0.15, 0.2) is 0 Å². The van der Waals surface area contributed by atoms with Gasteiger partial charge in [-0.05, 0) is 42.0 Å². The highest BCUT2D eigenvalue weighted by molar-refractivity contribution is 6.25. The fourth-order valence-corrected chi connectivity index (χ4v) is 3.84. The number of fused-ring (bicyclic) bond motifs is 1. The maximum absolute atomic E-state index is 13.1. The molecule has 0 spiro atoms. The first kappa shape index (κ1) is 18.0. The zero-order valence-electron chi connectivity index (χ0n) is 16.0. The molecule has 0 bridgehead atoms. The summed E-state index contributed by atoms with van der Waals surface area (Å²) >= 11 is 0. The second-order valence-electron chi connectivity index (χ2n) is 6.82. The summed E-state index contributed by atoms with van der Waals surface area (Å²) in [6.45, 7) is 0. The van der Waals surface area contributed by atoms with E-state index in [0.29, 0.717) is 17.3 Å². The highest BCUT2D eigenvalue weighted by atomic mass is 16.5. The van der Waals surface area contributed by atoms with Gasteiger partial charge in [0, 0.05) is 19.4 Å². The van der Waals surface area contributed by atoms with Crippen molar-refractivity contribution in [1.82, 2.24) is 4.90 Å². The molecule has 3 amide bonds. The second kappa shape index (κ2) is 6.99. The number of amides is 3. The molecule has 28 heavy (non-hydrogen) atoms. The lowest BCUT2D eigenvalue weighted by molar-refractivity contribution is -0.118. The molecule has 2 aromatic rings. The lowest BCUT2D eigenvalue weighted by atomic mass is 9.83. The number of nitrogens with zero attached hydrogens (tertiary/aromatic N) is 3. The average Bonchev–Trinajstić information content (AvgIpc) is 3.02. The summed E-state index contributed by atoms with van der Waals surface area (Å²) < 4.78 is 10.4. The fourth-order valence-electron chi connectivity index (χ4n) is 3.84. The van der Waals surface area contributed by atoms with Crippen LogP contribution in [0.5, 0.6) is 11.5 Å². The monoisotopic (exact) mass is 379 g/mol. The summed E-state index contributed by atoms with van der Waals surface area (Å²) in [5, 5.41) is 0. The number of hydrogen-bond acceptors (Lipinski definition) is 4. The molecule has 1 saturated heterocycles. The first-order chi connectivity index (χ1) is 13.5. The third-order valence-electron chi connectivity index (χ3n) is 5.32. The Morgan fingerprint density at radius 2 is 1.50 bits per heavy atom. The molecule has 2 heterocycles. The van der Waals surface area contributed by atoms with E-state index in [1.165, 1.54) is 0 Å². The van der Waals surface area contributed by atoms with E-state index in [-0.39, 0.29) is 30.3 Å². The minimum absolute atomic E-state index is 0.0934. The SMILES string of the molecule is COc1ccc([C@H]2CC(=O)N(c3ccc(OC)cc3)C3=NC(=O)N(C)[C@H]32)cc1. The molecule has 4 rings (SSSR count). The van der Waals surface area contributed by atoms with Gasteiger partial charge in [0.1, 0.15) is 17.3 Å². The van der Waals surface area contributed by atoms with Crippen LogP contribution in [0.15, 0.2) is 53.5 Å². The van der Waals surface area contributed by atoms with Gasteiger partial charge in [0.05, 0.1) is 25.9 Å². The Labute approximate surface area is 163 Å². The Morgan fingerprint density at radius 3 is 2.07 bits per heavy atom. The first-order valence-electron chi connectivity index (χ1n) is 9.00. The van der Waals surface area contributed by atoms with Crippen LogP contribution < -0.4 is 14.4 Å². The van der Waals surface area contributed by atoms with Crippen LogP contribution in [-0.2, 0) is 4.79 Å². The highest BCUT2D eigenvalue weighted by Gasteiger charge is 2.48. The minimum atomic E-state index is -0.341. The van der Waals surface area contributed by atoms with Crippen LogP contribution in [0.3, 0.4) is 0 Å². The van der Waals surface area contributed by atoms with Gasteiger partial charge in [-0.3, -0.25) is 9.69 Å². The number of aliphatic imine (C=N–C) groups is 1. The molecule has 0 aliphatic carbocycles. The third-order valence-corrected chi connectivity index (χ3v) is 5.32. The van der Waals surface area contributed by atoms with Crippen molar-refractivity contribution >= 4 is 23.5 Å². The number of carbonyl (C=O) groups excluding carboxylic acids is 2. The predicted molar refractivity (Wildman–Crippen MR) is 105 cm³/mol. The van der Waals surface area contributed by atoms with Crippen LogP contribution in [0, 0.1) is 0 Å². The van der Waals surface area contributed by atoms with Gasteiger partial charge in [0.25, 0.3) is 0 Å². The van der Waals surface area contributed by atoms with Crippen molar-refractivity contribution < 1.29 is 19.1 Å². The van der Waals surface area contributed by atoms with Gasteiger partial charge in [0.2, 0.25) is 5.91 Å². The number of urea groups is 1. The summed E-state index contributed by atoms with van der Waals surface area (Å²) in [5.41, 5.74) is 1.65. The van der Waals surface area contributed by atoms with E-state index >= 15 is 0 Å². The summed E-state index contributed by atoms with van der Waals surface area (Å²) in [7, 11) is 4.92. The van der Waals surface area contributed by atoms with E-state index < -0.39 is 0 Å². The number of piperidine rings is 1. The molecule has 144 valence electrons. The van der Waals surface area contributed by atoms with Gasteiger partial charge in [-0.25, -0.2) is 4.79 Å². The molecule has 2 aliphatic rings. The molecule has 0 saturated carbocycles. The number of anilines is 1. The van der Waals surface area contributed by atoms with Crippen LogP contribution >= 0.6 is 0 Å². The fraction of sp³-hybridized carbons (Fsp3) is 0.286. The molecule has 2 aliphatic heterocycles. The Kier molecular flexibility index (Phi) is 4.50. The summed E-state index contributed by atoms with van der Waals surface area (Å²) in [4.78, 5) is 32.8. The van der Waals surface area contributed by atoms with E-state index in [0.717, 1.165) is 11.3 Å². The number of likely N-dealkylation sites (N-methyl/N-ethyl adjacent to an activating group) is 1. The van der Waals surface area contributed by atoms with Gasteiger partial charge >= 0.3 is 6.03 Å². The number of rotatable bonds is 4. The van der Waals surface area contributed by atoms with Crippen LogP contribution in [0.1, 0.15) is 17.9 Å². The van der Waals surface area contributed by atoms with Crippen LogP contribution in [-0.4, -0.2) is 50.0 Å². The zero-order chi connectivity index (χ0) is 19.8. The van der Waals surface area contributed by atoms with E-state index in [1.54, 1.807) is 55.3 Å². The van der Waals surface area contributed by atoms with Crippen molar-refractivity contribution in [2.45, 2.75) is 18.4 Å². The lowest BCUT2D eigenvalue weighted by Gasteiger charge is -2.39. The number of amidine groups is 1. The van der Waals surface area contributed by atoms with Gasteiger partial charge in [-0.15, -0.1) is 0 Å². The molecule has 2 aromatic carbocycles. The molecule has 0 unspecified atom stereocenters. The summed E-state index contributed by atoms with van der Waals surface area (Å²) in [6, 6.07) is 14.1. The average molecular weight is 379 g/mol. The molecular formula is C21H21N3O4. The maximum atomic E-state index is 13.1. The normalized spacial score (nSPS) is 21.5. The molecule has 0 N–H and O–H groups in total. The van der Waals surface area contributed by atoms with Crippen molar-refractivity contribution in [1.29, 1.82) is 0 Å². The van der Waals surface area contributed by atoms with Crippen molar-refractivity contribution in [3.05, 3.63) is 54.1 Å². The number of hydrogen-bond donors (Lipinski definition) is 0. The lowest BCUT2D eigenvalue weighted by Crippen LogP contribution is -2.54. The van der Waals surface area contributed by atoms with Gasteiger partial charge < -0.3 is 14.4 Å². The van der Waals surface area contributed by atoms with Crippen molar-refractivity contribution in [3.8, 4) is 11.5 Å². The number of carbonyl (C=O) groups is 2. The highest BCUT2D eigenvalue weighted by Crippen LogP contribution is 2.38. The van der Waals surface area contributed by atoms with E-state index in [9.17, 15) is 9.59 Å². The molecule has 7 nitrogen and oxygen atoms in total.